The molecule has 0 unspecified atom stereocenters. The first-order valence-electron chi connectivity index (χ1n) is 15.2. The summed E-state index contributed by atoms with van der Waals surface area (Å²) in [5.41, 5.74) is 8.23. The Bertz CT molecular complexity index is 2480. The summed E-state index contributed by atoms with van der Waals surface area (Å²) in [7, 11) is 0. The van der Waals surface area contributed by atoms with Crippen molar-refractivity contribution >= 4 is 21.8 Å². The van der Waals surface area contributed by atoms with Crippen molar-refractivity contribution in [3.63, 3.8) is 0 Å². The van der Waals surface area contributed by atoms with Gasteiger partial charge in [0.2, 0.25) is 0 Å². The molecule has 218 valence electrons. The lowest BCUT2D eigenvalue weighted by Crippen LogP contribution is -2.04. The highest BCUT2D eigenvalue weighted by Gasteiger charge is 2.20. The van der Waals surface area contributed by atoms with Crippen LogP contribution in [0.25, 0.3) is 72.8 Å². The number of hydrogen-bond donors (Lipinski definition) is 0. The van der Waals surface area contributed by atoms with Gasteiger partial charge in [0.15, 0.2) is 17.5 Å². The maximum Gasteiger partial charge on any atom is 0.166 e. The number of hydrogen-bond acceptors (Lipinski definition) is 5. The van der Waals surface area contributed by atoms with E-state index in [1.54, 1.807) is 6.07 Å². The minimum atomic E-state index is 0.502. The van der Waals surface area contributed by atoms with Crippen LogP contribution in [0.4, 0.5) is 0 Å². The average Bonchev–Trinajstić information content (AvgIpc) is 3.48. The highest BCUT2D eigenvalue weighted by Crippen LogP contribution is 2.38. The summed E-state index contributed by atoms with van der Waals surface area (Å²) in [6.07, 6.45) is 0. The Morgan fingerprint density at radius 3 is 1.77 bits per heavy atom. The Balaban J connectivity index is 1.41. The highest BCUT2D eigenvalue weighted by molar-refractivity contribution is 6.11. The summed E-state index contributed by atoms with van der Waals surface area (Å²) in [6, 6.07) is 52.2. The number of para-hydroxylation sites is 1. The van der Waals surface area contributed by atoms with Crippen LogP contribution in [0.15, 0.2) is 146 Å². The first-order valence-corrected chi connectivity index (χ1v) is 15.2. The van der Waals surface area contributed by atoms with Crippen molar-refractivity contribution < 1.29 is 0 Å². The fourth-order valence-corrected chi connectivity index (χ4v) is 6.14. The van der Waals surface area contributed by atoms with Gasteiger partial charge in [-0.15, -0.1) is 0 Å². The molecule has 0 aliphatic rings. The molecule has 0 saturated heterocycles. The van der Waals surface area contributed by atoms with Crippen LogP contribution in [-0.4, -0.2) is 19.5 Å². The molecule has 2 aromatic heterocycles. The van der Waals surface area contributed by atoms with Gasteiger partial charge in [-0.25, -0.2) is 15.0 Å². The molecule has 0 saturated carbocycles. The first-order chi connectivity index (χ1) is 23.2. The number of benzene rings is 6. The third-order valence-corrected chi connectivity index (χ3v) is 8.34. The summed E-state index contributed by atoms with van der Waals surface area (Å²) >= 11 is 0. The van der Waals surface area contributed by atoms with Crippen LogP contribution in [-0.2, 0) is 0 Å². The molecular formula is C41H24N6. The number of nitrogens with zero attached hydrogens (tertiary/aromatic N) is 6. The van der Waals surface area contributed by atoms with Gasteiger partial charge in [0, 0.05) is 27.5 Å². The van der Waals surface area contributed by atoms with Crippen LogP contribution in [0.3, 0.4) is 0 Å². The largest absolute Gasteiger partial charge is 0.308 e. The van der Waals surface area contributed by atoms with Crippen LogP contribution in [0.2, 0.25) is 0 Å². The van der Waals surface area contributed by atoms with E-state index in [-0.39, 0.29) is 0 Å². The van der Waals surface area contributed by atoms with E-state index in [4.69, 9.17) is 15.0 Å². The predicted molar refractivity (Wildman–Crippen MR) is 185 cm³/mol. The fourth-order valence-electron chi connectivity index (χ4n) is 6.14. The maximum atomic E-state index is 10.0. The SMILES string of the molecule is N#Cc1ccc(-c2nc(-c3ccccc3)nc(-c3ccccc3)n2)c(-n2c3ccccc3c3cc(-c4ccccc4C#N)ccc32)c1. The molecule has 0 fully saturated rings. The molecule has 8 aromatic rings. The summed E-state index contributed by atoms with van der Waals surface area (Å²) in [6.45, 7) is 0. The first kappa shape index (κ1) is 27.6. The number of aromatic nitrogens is 4. The zero-order chi connectivity index (χ0) is 31.7. The zero-order valence-corrected chi connectivity index (χ0v) is 25.0. The minimum Gasteiger partial charge on any atom is -0.308 e. The molecule has 0 N–H and O–H groups in total. The summed E-state index contributed by atoms with van der Waals surface area (Å²) in [5, 5.41) is 21.9. The lowest BCUT2D eigenvalue weighted by atomic mass is 9.98. The van der Waals surface area contributed by atoms with Crippen molar-refractivity contribution in [3.8, 4) is 63.1 Å². The van der Waals surface area contributed by atoms with Gasteiger partial charge in [0.1, 0.15) is 0 Å². The van der Waals surface area contributed by atoms with Crippen LogP contribution in [0.5, 0.6) is 0 Å². The van der Waals surface area contributed by atoms with E-state index in [0.717, 1.165) is 55.3 Å². The monoisotopic (exact) mass is 600 g/mol. The number of rotatable bonds is 5. The standard InChI is InChI=1S/C41H24N6/c42-25-27-19-21-34(41-45-39(28-11-3-1-4-12-28)44-40(46-41)29-13-5-2-6-14-29)38(23-27)47-36-18-10-9-17-33(36)35-24-30(20-22-37(35)47)32-16-8-7-15-31(32)26-43/h1-24H. The molecule has 6 heteroatoms. The molecule has 2 heterocycles. The molecule has 6 nitrogen and oxygen atoms in total. The van der Waals surface area contributed by atoms with Gasteiger partial charge in [-0.05, 0) is 53.6 Å². The third kappa shape index (κ3) is 4.88. The predicted octanol–water partition coefficient (Wildman–Crippen LogP) is 9.38. The fraction of sp³-hybridized carbons (Fsp3) is 0. The molecule has 0 bridgehead atoms. The zero-order valence-electron chi connectivity index (χ0n) is 25.0. The van der Waals surface area contributed by atoms with Gasteiger partial charge in [0.25, 0.3) is 0 Å². The smallest absolute Gasteiger partial charge is 0.166 e. The molecule has 8 rings (SSSR count). The van der Waals surface area contributed by atoms with Crippen LogP contribution in [0.1, 0.15) is 11.1 Å². The maximum absolute atomic E-state index is 10.0. The molecule has 0 aliphatic carbocycles. The Morgan fingerprint density at radius 1 is 0.447 bits per heavy atom. The van der Waals surface area contributed by atoms with Gasteiger partial charge in [-0.3, -0.25) is 0 Å². The van der Waals surface area contributed by atoms with Crippen molar-refractivity contribution in [2.75, 3.05) is 0 Å². The summed E-state index contributed by atoms with van der Waals surface area (Å²) in [5.74, 6) is 1.63. The number of nitriles is 2. The van der Waals surface area contributed by atoms with Gasteiger partial charge < -0.3 is 4.57 Å². The molecule has 0 spiro atoms. The van der Waals surface area contributed by atoms with E-state index < -0.39 is 0 Å². The molecule has 0 radical (unpaired) electrons. The molecule has 0 amide bonds. The molecule has 47 heavy (non-hydrogen) atoms. The second-order valence-corrected chi connectivity index (χ2v) is 11.1. The minimum absolute atomic E-state index is 0.502. The van der Waals surface area contributed by atoms with Gasteiger partial charge in [0.05, 0.1) is 40.0 Å². The van der Waals surface area contributed by atoms with Crippen molar-refractivity contribution in [2.45, 2.75) is 0 Å². The lowest BCUT2D eigenvalue weighted by molar-refractivity contribution is 1.06. The molecule has 6 aromatic carbocycles. The van der Waals surface area contributed by atoms with E-state index in [9.17, 15) is 10.5 Å². The van der Waals surface area contributed by atoms with E-state index in [1.165, 1.54) is 0 Å². The Morgan fingerprint density at radius 2 is 1.06 bits per heavy atom. The van der Waals surface area contributed by atoms with Gasteiger partial charge >= 0.3 is 0 Å². The van der Waals surface area contributed by atoms with E-state index in [1.807, 2.05) is 115 Å². The third-order valence-electron chi connectivity index (χ3n) is 8.34. The van der Waals surface area contributed by atoms with Crippen LogP contribution in [0, 0.1) is 22.7 Å². The van der Waals surface area contributed by atoms with E-state index in [2.05, 4.69) is 41.0 Å². The van der Waals surface area contributed by atoms with Gasteiger partial charge in [-0.2, -0.15) is 10.5 Å². The quantitative estimate of drug-likeness (QED) is 0.196. The van der Waals surface area contributed by atoms with Crippen molar-refractivity contribution in [1.29, 1.82) is 10.5 Å². The van der Waals surface area contributed by atoms with Crippen LogP contribution >= 0.6 is 0 Å². The Labute approximate surface area is 271 Å². The molecule has 0 atom stereocenters. The Hall–Kier alpha value is -6.89. The van der Waals surface area contributed by atoms with Gasteiger partial charge in [-0.1, -0.05) is 103 Å². The second-order valence-electron chi connectivity index (χ2n) is 11.1. The number of fused-ring (bicyclic) bond motifs is 3. The van der Waals surface area contributed by atoms with Crippen molar-refractivity contribution in [2.24, 2.45) is 0 Å². The van der Waals surface area contributed by atoms with Crippen molar-refractivity contribution in [3.05, 3.63) is 157 Å². The second kappa shape index (κ2) is 11.6. The Kier molecular flexibility index (Phi) is 6.80. The van der Waals surface area contributed by atoms with Crippen LogP contribution < -0.4 is 0 Å². The van der Waals surface area contributed by atoms with Crippen molar-refractivity contribution in [1.82, 2.24) is 19.5 Å². The molecular weight excluding hydrogens is 576 g/mol. The highest BCUT2D eigenvalue weighted by atomic mass is 15.1. The summed E-state index contributed by atoms with van der Waals surface area (Å²) in [4.78, 5) is 14.9. The molecule has 0 aliphatic heterocycles. The lowest BCUT2D eigenvalue weighted by Gasteiger charge is -2.15. The topological polar surface area (TPSA) is 91.2 Å². The van der Waals surface area contributed by atoms with E-state index >= 15 is 0 Å². The summed E-state index contributed by atoms with van der Waals surface area (Å²) < 4.78 is 2.18. The normalized spacial score (nSPS) is 10.9. The average molecular weight is 601 g/mol. The van der Waals surface area contributed by atoms with E-state index in [0.29, 0.717) is 28.6 Å².